The van der Waals surface area contributed by atoms with Crippen LogP contribution < -0.4 is 16.0 Å². The minimum atomic E-state index is -1.17. The van der Waals surface area contributed by atoms with Gasteiger partial charge in [0.15, 0.2) is 0 Å². The molecular formula is C30H39N5O6. The molecule has 0 fully saturated rings. The number of H-pyrrole nitrogens is 1. The molecule has 6 N–H and O–H groups in total. The number of aromatic nitrogens is 2. The van der Waals surface area contributed by atoms with Crippen LogP contribution in [0.3, 0.4) is 0 Å². The monoisotopic (exact) mass is 565 g/mol. The number of aromatic amines is 1. The molecule has 3 rings (SSSR count). The number of aliphatic hydroxyl groups excluding tert-OH is 2. The molecule has 2 unspecified atom stereocenters. The van der Waals surface area contributed by atoms with E-state index in [4.69, 9.17) is 4.74 Å². The maximum atomic E-state index is 13.6. The van der Waals surface area contributed by atoms with Gasteiger partial charge >= 0.3 is 6.09 Å². The molecule has 220 valence electrons. The number of rotatable bonds is 15. The minimum Gasteiger partial charge on any atom is -0.445 e. The summed E-state index contributed by atoms with van der Waals surface area (Å²) < 4.78 is 5.34. The molecule has 2 aromatic carbocycles. The van der Waals surface area contributed by atoms with Crippen LogP contribution in [0.2, 0.25) is 0 Å². The highest BCUT2D eigenvalue weighted by Gasteiger charge is 2.31. The van der Waals surface area contributed by atoms with Crippen molar-refractivity contribution in [1.29, 1.82) is 0 Å². The van der Waals surface area contributed by atoms with Gasteiger partial charge in [-0.2, -0.15) is 0 Å². The van der Waals surface area contributed by atoms with Crippen molar-refractivity contribution in [2.24, 2.45) is 5.92 Å². The minimum absolute atomic E-state index is 0.0287. The van der Waals surface area contributed by atoms with Crippen LogP contribution in [0, 0.1) is 5.92 Å². The third-order valence-corrected chi connectivity index (χ3v) is 6.41. The SMILES string of the molecule is CC(C)CC(NC(=O)[C@H](Cc1c[nH]cn1)NC(=O)[C@H](Cc1ccccc1)NC(=O)OCc1ccccc1)C(O)CO. The molecule has 0 spiro atoms. The van der Waals surface area contributed by atoms with Crippen LogP contribution in [0.1, 0.15) is 37.1 Å². The molecule has 0 radical (unpaired) electrons. The fourth-order valence-electron chi connectivity index (χ4n) is 4.29. The number of hydrogen-bond acceptors (Lipinski definition) is 7. The summed E-state index contributed by atoms with van der Waals surface area (Å²) in [5.74, 6) is -1.02. The summed E-state index contributed by atoms with van der Waals surface area (Å²) >= 11 is 0. The fourth-order valence-corrected chi connectivity index (χ4v) is 4.29. The summed E-state index contributed by atoms with van der Waals surface area (Å²) in [4.78, 5) is 46.7. The predicted molar refractivity (Wildman–Crippen MR) is 152 cm³/mol. The standard InChI is InChI=1S/C30H39N5O6/c1-20(2)13-24(27(37)17-36)33-29(39)26(15-23-16-31-19-32-23)34-28(38)25(14-21-9-5-3-6-10-21)35-30(40)41-18-22-11-7-4-8-12-22/h3-12,16,19-20,24-27,36-37H,13-15,17-18H2,1-2H3,(H,31,32)(H,33,39)(H,34,38)(H,35,40)/t24?,25-,26-,27?/m0/s1. The van der Waals surface area contributed by atoms with Gasteiger partial charge in [0.05, 0.1) is 30.8 Å². The summed E-state index contributed by atoms with van der Waals surface area (Å²) in [5, 5.41) is 27.9. The first-order valence-corrected chi connectivity index (χ1v) is 13.6. The predicted octanol–water partition coefficient (Wildman–Crippen LogP) is 1.86. The molecule has 0 aliphatic carbocycles. The molecular weight excluding hydrogens is 526 g/mol. The van der Waals surface area contributed by atoms with Crippen molar-refractivity contribution in [3.63, 3.8) is 0 Å². The van der Waals surface area contributed by atoms with Crippen molar-refractivity contribution < 1.29 is 29.3 Å². The Labute approximate surface area is 239 Å². The van der Waals surface area contributed by atoms with E-state index in [2.05, 4.69) is 25.9 Å². The van der Waals surface area contributed by atoms with Gasteiger partial charge in [0.25, 0.3) is 0 Å². The van der Waals surface area contributed by atoms with E-state index in [9.17, 15) is 24.6 Å². The Kier molecular flexibility index (Phi) is 12.3. The van der Waals surface area contributed by atoms with Crippen LogP contribution >= 0.6 is 0 Å². The van der Waals surface area contributed by atoms with Crippen LogP contribution in [-0.2, 0) is 33.8 Å². The van der Waals surface area contributed by atoms with Crippen LogP contribution in [0.25, 0.3) is 0 Å². The molecule has 41 heavy (non-hydrogen) atoms. The van der Waals surface area contributed by atoms with Gasteiger partial charge in [-0.3, -0.25) is 9.59 Å². The first kappa shape index (κ1) is 31.3. The fraction of sp³-hybridized carbons (Fsp3) is 0.400. The average Bonchev–Trinajstić information content (AvgIpc) is 3.48. The summed E-state index contributed by atoms with van der Waals surface area (Å²) in [5.41, 5.74) is 2.12. The van der Waals surface area contributed by atoms with Crippen molar-refractivity contribution in [1.82, 2.24) is 25.9 Å². The van der Waals surface area contributed by atoms with Gasteiger partial charge in [-0.15, -0.1) is 0 Å². The van der Waals surface area contributed by atoms with Crippen molar-refractivity contribution >= 4 is 17.9 Å². The van der Waals surface area contributed by atoms with Gasteiger partial charge in [0, 0.05) is 19.0 Å². The van der Waals surface area contributed by atoms with E-state index >= 15 is 0 Å². The van der Waals surface area contributed by atoms with E-state index in [0.29, 0.717) is 12.1 Å². The van der Waals surface area contributed by atoms with E-state index in [1.807, 2.05) is 74.5 Å². The molecule has 1 aromatic heterocycles. The van der Waals surface area contributed by atoms with Gasteiger partial charge in [0.1, 0.15) is 18.7 Å². The first-order valence-electron chi connectivity index (χ1n) is 13.6. The molecule has 0 saturated heterocycles. The zero-order valence-corrected chi connectivity index (χ0v) is 23.3. The third-order valence-electron chi connectivity index (χ3n) is 6.41. The third kappa shape index (κ3) is 10.7. The second-order valence-corrected chi connectivity index (χ2v) is 10.3. The van der Waals surface area contributed by atoms with E-state index in [0.717, 1.165) is 11.1 Å². The number of nitrogens with zero attached hydrogens (tertiary/aromatic N) is 1. The lowest BCUT2D eigenvalue weighted by Gasteiger charge is -2.28. The smallest absolute Gasteiger partial charge is 0.408 e. The summed E-state index contributed by atoms with van der Waals surface area (Å²) in [6.07, 6.45) is 1.76. The molecule has 11 nitrogen and oxygen atoms in total. The zero-order valence-electron chi connectivity index (χ0n) is 23.3. The van der Waals surface area contributed by atoms with Gasteiger partial charge in [-0.05, 0) is 23.5 Å². The highest BCUT2D eigenvalue weighted by molar-refractivity contribution is 5.91. The Balaban J connectivity index is 1.76. The molecule has 3 aromatic rings. The highest BCUT2D eigenvalue weighted by Crippen LogP contribution is 2.11. The number of carbonyl (C=O) groups is 3. The van der Waals surface area contributed by atoms with Crippen LogP contribution in [0.4, 0.5) is 4.79 Å². The highest BCUT2D eigenvalue weighted by atomic mass is 16.5. The Morgan fingerprint density at radius 1 is 0.878 bits per heavy atom. The van der Waals surface area contributed by atoms with Gasteiger partial charge < -0.3 is 35.9 Å². The van der Waals surface area contributed by atoms with Gasteiger partial charge in [0.2, 0.25) is 11.8 Å². The number of carbonyl (C=O) groups excluding carboxylic acids is 3. The molecule has 0 bridgehead atoms. The molecule has 0 aliphatic rings. The Morgan fingerprint density at radius 3 is 2.07 bits per heavy atom. The lowest BCUT2D eigenvalue weighted by atomic mass is 9.98. The van der Waals surface area contributed by atoms with Gasteiger partial charge in [-0.1, -0.05) is 74.5 Å². The van der Waals surface area contributed by atoms with Crippen LogP contribution in [0.5, 0.6) is 0 Å². The largest absolute Gasteiger partial charge is 0.445 e. The second-order valence-electron chi connectivity index (χ2n) is 10.3. The molecule has 0 saturated carbocycles. The van der Waals surface area contributed by atoms with E-state index < -0.39 is 48.7 Å². The molecule has 0 aliphatic heterocycles. The van der Waals surface area contributed by atoms with Crippen molar-refractivity contribution in [3.05, 3.63) is 90.0 Å². The lowest BCUT2D eigenvalue weighted by Crippen LogP contribution is -2.57. The number of ether oxygens (including phenoxy) is 1. The van der Waals surface area contributed by atoms with Crippen molar-refractivity contribution in [2.45, 2.75) is 63.9 Å². The maximum absolute atomic E-state index is 13.6. The molecule has 4 atom stereocenters. The number of amides is 3. The average molecular weight is 566 g/mol. The number of nitrogens with one attached hydrogen (secondary N) is 4. The summed E-state index contributed by atoms with van der Waals surface area (Å²) in [6.45, 7) is 3.37. The number of alkyl carbamates (subject to hydrolysis) is 1. The first-order chi connectivity index (χ1) is 19.7. The number of benzene rings is 2. The normalized spacial score (nSPS) is 14.0. The molecule has 1 heterocycles. The molecule has 3 amide bonds. The van der Waals surface area contributed by atoms with E-state index in [1.54, 1.807) is 6.20 Å². The summed E-state index contributed by atoms with van der Waals surface area (Å²) in [7, 11) is 0. The van der Waals surface area contributed by atoms with Crippen LogP contribution in [-0.4, -0.2) is 68.9 Å². The Morgan fingerprint density at radius 2 is 1.49 bits per heavy atom. The molecule has 11 heteroatoms. The van der Waals surface area contributed by atoms with E-state index in [1.165, 1.54) is 6.33 Å². The Hall–Kier alpha value is -4.22. The number of aliphatic hydroxyl groups is 2. The quantitative estimate of drug-likeness (QED) is 0.164. The van der Waals surface area contributed by atoms with E-state index in [-0.39, 0.29) is 25.4 Å². The zero-order chi connectivity index (χ0) is 29.6. The summed E-state index contributed by atoms with van der Waals surface area (Å²) in [6, 6.07) is 15.5. The number of hydrogen-bond donors (Lipinski definition) is 6. The van der Waals surface area contributed by atoms with Crippen molar-refractivity contribution in [2.75, 3.05) is 6.61 Å². The topological polar surface area (TPSA) is 166 Å². The van der Waals surface area contributed by atoms with Gasteiger partial charge in [-0.25, -0.2) is 9.78 Å². The van der Waals surface area contributed by atoms with Crippen LogP contribution in [0.15, 0.2) is 73.2 Å². The maximum Gasteiger partial charge on any atom is 0.408 e. The van der Waals surface area contributed by atoms with Crippen molar-refractivity contribution in [3.8, 4) is 0 Å². The Bertz CT molecular complexity index is 1210. The lowest BCUT2D eigenvalue weighted by molar-refractivity contribution is -0.131. The second kappa shape index (κ2) is 16.1. The number of imidazole rings is 1.